The van der Waals surface area contributed by atoms with Gasteiger partial charge in [-0.05, 0) is 20.3 Å². The molecule has 0 rings (SSSR count). The third-order valence-corrected chi connectivity index (χ3v) is 1.73. The first-order valence-electron chi connectivity index (χ1n) is 4.99. The minimum absolute atomic E-state index is 0.554. The van der Waals surface area contributed by atoms with Gasteiger partial charge in [-0.2, -0.15) is 0 Å². The van der Waals surface area contributed by atoms with E-state index in [1.54, 1.807) is 18.7 Å². The van der Waals surface area contributed by atoms with Crippen molar-refractivity contribution in [2.75, 3.05) is 6.54 Å². The van der Waals surface area contributed by atoms with Gasteiger partial charge in [-0.25, -0.2) is 4.57 Å². The summed E-state index contributed by atoms with van der Waals surface area (Å²) >= 11 is 0. The molecule has 0 heterocycles. The fraction of sp³-hybridized carbons (Fsp3) is 1.00. The van der Waals surface area contributed by atoms with Crippen LogP contribution in [-0.4, -0.2) is 48.8 Å². The fourth-order valence-corrected chi connectivity index (χ4v) is 1.03. The Labute approximate surface area is 95.6 Å². The Kier molecular flexibility index (Phi) is 10.4. The number of unbranched alkanes of at least 4 members (excludes halogenated alkanes) is 1. The van der Waals surface area contributed by atoms with E-state index >= 15 is 0 Å². The van der Waals surface area contributed by atoms with Gasteiger partial charge in [0.05, 0.1) is 0 Å². The molecule has 0 amide bonds. The van der Waals surface area contributed by atoms with Crippen molar-refractivity contribution >= 4 is 7.82 Å². The Morgan fingerprint density at radius 3 is 1.62 bits per heavy atom. The highest BCUT2D eigenvalue weighted by atomic mass is 31.2. The van der Waals surface area contributed by atoms with Gasteiger partial charge >= 0.3 is 7.82 Å². The second kappa shape index (κ2) is 9.07. The Hall–Kier alpha value is -0.0100. The first-order valence-corrected chi connectivity index (χ1v) is 6.56. The van der Waals surface area contributed by atoms with Crippen LogP contribution in [0.3, 0.4) is 0 Å². The molecule has 0 spiro atoms. The Bertz CT molecular complexity index is 188. The molecule has 0 fully saturated rings. The van der Waals surface area contributed by atoms with Crippen molar-refractivity contribution in [1.29, 1.82) is 0 Å². The summed E-state index contributed by atoms with van der Waals surface area (Å²) in [7, 11) is -4.64. The number of hydrogen-bond acceptors (Lipinski definition) is 4. The number of nitrogens with zero attached hydrogens (tertiary/aromatic N) is 1. The maximum atomic E-state index is 9.18. The Morgan fingerprint density at radius 2 is 1.44 bits per heavy atom. The minimum Gasteiger partial charge on any atom is -0.379 e. The second-order valence-electron chi connectivity index (χ2n) is 3.37. The van der Waals surface area contributed by atoms with Crippen LogP contribution in [0.2, 0.25) is 0 Å². The second-order valence-corrected chi connectivity index (χ2v) is 4.39. The normalized spacial score (nSPS) is 15.3. The molecule has 0 aliphatic carbocycles. The molecule has 100 valence electrons. The van der Waals surface area contributed by atoms with Crippen molar-refractivity contribution in [3.8, 4) is 0 Å². The smallest absolute Gasteiger partial charge is 0.379 e. The van der Waals surface area contributed by atoms with Crippen molar-refractivity contribution in [3.05, 3.63) is 0 Å². The summed E-state index contributed by atoms with van der Waals surface area (Å²) in [5.74, 6) is 0. The Morgan fingerprint density at radius 1 is 1.12 bits per heavy atom. The van der Waals surface area contributed by atoms with Crippen LogP contribution in [0.15, 0.2) is 0 Å². The number of phosphoric acid groups is 1. The molecule has 2 unspecified atom stereocenters. The first-order chi connectivity index (χ1) is 7.09. The molecule has 0 bridgehead atoms. The fourth-order valence-electron chi connectivity index (χ4n) is 1.03. The maximum Gasteiger partial charge on any atom is 0.466 e. The lowest BCUT2D eigenvalue weighted by molar-refractivity contribution is -0.0842. The van der Waals surface area contributed by atoms with E-state index in [1.807, 2.05) is 0 Å². The van der Waals surface area contributed by atoms with E-state index in [2.05, 4.69) is 6.92 Å². The number of rotatable bonds is 5. The third-order valence-electron chi connectivity index (χ3n) is 1.73. The molecule has 0 saturated carbocycles. The highest BCUT2D eigenvalue weighted by molar-refractivity contribution is 7.45. The highest BCUT2D eigenvalue weighted by Crippen LogP contribution is 2.25. The van der Waals surface area contributed by atoms with Crippen molar-refractivity contribution < 1.29 is 29.5 Å². The lowest BCUT2D eigenvalue weighted by atomic mass is 10.3. The Balaban J connectivity index is 0. The molecule has 0 saturated heterocycles. The highest BCUT2D eigenvalue weighted by Gasteiger charge is 2.14. The molecule has 5 N–H and O–H groups in total. The topological polar surface area (TPSA) is 121 Å². The quantitative estimate of drug-likeness (QED) is 0.343. The number of aliphatic hydroxyl groups excluding tert-OH is 2. The van der Waals surface area contributed by atoms with Gasteiger partial charge in [-0.1, -0.05) is 13.3 Å². The van der Waals surface area contributed by atoms with Crippen LogP contribution in [0.4, 0.5) is 0 Å². The van der Waals surface area contributed by atoms with Crippen LogP contribution < -0.4 is 0 Å². The molecule has 7 nitrogen and oxygen atoms in total. The van der Waals surface area contributed by atoms with Gasteiger partial charge in [0.1, 0.15) is 12.5 Å². The molecular weight excluding hydrogens is 237 g/mol. The molecule has 16 heavy (non-hydrogen) atoms. The monoisotopic (exact) mass is 259 g/mol. The average molecular weight is 259 g/mol. The summed E-state index contributed by atoms with van der Waals surface area (Å²) in [5, 5.41) is 18.4. The van der Waals surface area contributed by atoms with E-state index in [4.69, 9.17) is 19.2 Å². The molecule has 8 heteroatoms. The summed E-state index contributed by atoms with van der Waals surface area (Å²) in [6.07, 6.45) is 0.981. The zero-order valence-electron chi connectivity index (χ0n) is 9.81. The van der Waals surface area contributed by atoms with Crippen LogP contribution in [0.1, 0.15) is 33.6 Å². The molecular formula is C8H22NO6P. The van der Waals surface area contributed by atoms with Gasteiger partial charge in [0, 0.05) is 6.54 Å². The number of hydrogen-bond donors (Lipinski definition) is 5. The van der Waals surface area contributed by atoms with Crippen molar-refractivity contribution in [2.45, 2.75) is 46.1 Å². The van der Waals surface area contributed by atoms with Gasteiger partial charge in [0.2, 0.25) is 0 Å². The van der Waals surface area contributed by atoms with Crippen LogP contribution >= 0.6 is 7.82 Å². The number of aliphatic hydroxyl groups is 2. The van der Waals surface area contributed by atoms with Gasteiger partial charge in [-0.3, -0.25) is 4.90 Å². The molecule has 0 aromatic rings. The molecule has 0 radical (unpaired) electrons. The van der Waals surface area contributed by atoms with E-state index in [-0.39, 0.29) is 0 Å². The average Bonchev–Trinajstić information content (AvgIpc) is 2.00. The van der Waals surface area contributed by atoms with E-state index in [0.717, 1.165) is 19.4 Å². The van der Waals surface area contributed by atoms with Crippen molar-refractivity contribution in [2.24, 2.45) is 0 Å². The maximum absolute atomic E-state index is 9.18. The summed E-state index contributed by atoms with van der Waals surface area (Å²) in [6, 6.07) is 0. The van der Waals surface area contributed by atoms with Gasteiger partial charge in [0.25, 0.3) is 0 Å². The van der Waals surface area contributed by atoms with Crippen LogP contribution in [0.5, 0.6) is 0 Å². The summed E-state index contributed by atoms with van der Waals surface area (Å²) in [5.41, 5.74) is 0. The van der Waals surface area contributed by atoms with E-state index in [9.17, 15) is 10.2 Å². The van der Waals surface area contributed by atoms with Crippen LogP contribution in [0, 0.1) is 0 Å². The largest absolute Gasteiger partial charge is 0.466 e. The van der Waals surface area contributed by atoms with E-state index < -0.39 is 20.3 Å². The lowest BCUT2D eigenvalue weighted by Crippen LogP contribution is -2.40. The zero-order chi connectivity index (χ0) is 13.4. The molecule has 0 aliphatic heterocycles. The summed E-state index contributed by atoms with van der Waals surface area (Å²) < 4.78 is 8.88. The third kappa shape index (κ3) is 16.4. The van der Waals surface area contributed by atoms with Crippen LogP contribution in [0.25, 0.3) is 0 Å². The van der Waals surface area contributed by atoms with Crippen molar-refractivity contribution in [3.63, 3.8) is 0 Å². The standard InChI is InChI=1S/C8H19NO2.H3O4P/c1-4-5-6-9(7(2)10)8(3)11;1-5(2,3)4/h7-8,10-11H,4-6H2,1-3H3;(H3,1,2,3,4). The summed E-state index contributed by atoms with van der Waals surface area (Å²) in [6.45, 7) is 6.18. The zero-order valence-corrected chi connectivity index (χ0v) is 10.7. The molecule has 2 atom stereocenters. The first kappa shape index (κ1) is 18.4. The molecule has 0 aliphatic rings. The molecule has 0 aromatic carbocycles. The van der Waals surface area contributed by atoms with E-state index in [1.165, 1.54) is 0 Å². The van der Waals surface area contributed by atoms with Gasteiger partial charge in [0.15, 0.2) is 0 Å². The van der Waals surface area contributed by atoms with E-state index in [0.29, 0.717) is 0 Å². The minimum atomic E-state index is -4.64. The van der Waals surface area contributed by atoms with Crippen molar-refractivity contribution in [1.82, 2.24) is 4.90 Å². The lowest BCUT2D eigenvalue weighted by Gasteiger charge is -2.27. The predicted octanol–water partition coefficient (Wildman–Crippen LogP) is -0.164. The summed E-state index contributed by atoms with van der Waals surface area (Å²) in [4.78, 5) is 23.2. The molecule has 0 aromatic heterocycles. The SMILES string of the molecule is CCCCN(C(C)O)C(C)O.O=P(O)(O)O. The predicted molar refractivity (Wildman–Crippen MR) is 59.2 cm³/mol. The van der Waals surface area contributed by atoms with Crippen LogP contribution in [-0.2, 0) is 4.57 Å². The van der Waals surface area contributed by atoms with Gasteiger partial charge in [-0.15, -0.1) is 0 Å². The van der Waals surface area contributed by atoms with Gasteiger partial charge < -0.3 is 24.9 Å².